The summed E-state index contributed by atoms with van der Waals surface area (Å²) in [6.45, 7) is 1.37. The van der Waals surface area contributed by atoms with Gasteiger partial charge in [-0.05, 0) is 36.8 Å². The zero-order valence-electron chi connectivity index (χ0n) is 17.7. The quantitative estimate of drug-likeness (QED) is 0.343. The molecule has 1 amide bonds. The molecule has 1 aromatic carbocycles. The maximum Gasteiger partial charge on any atom is 0.416 e. The van der Waals surface area contributed by atoms with E-state index in [4.69, 9.17) is 5.73 Å². The lowest BCUT2D eigenvalue weighted by Crippen LogP contribution is -2.17. The Morgan fingerprint density at radius 2 is 1.83 bits per heavy atom. The van der Waals surface area contributed by atoms with E-state index >= 15 is 0 Å². The SMILES string of the molecule is CC(c1ccc(C(F)(F)F)cc1C(F)(F)F)n1cc(-c2nc(-c3ccccn3)sc2C(N)=O)cn1. The van der Waals surface area contributed by atoms with Crippen LogP contribution in [0.15, 0.2) is 55.0 Å². The number of hydrogen-bond donors (Lipinski definition) is 1. The monoisotopic (exact) mass is 511 g/mol. The van der Waals surface area contributed by atoms with Crippen LogP contribution in [0.25, 0.3) is 22.0 Å². The molecule has 0 aliphatic carbocycles. The lowest BCUT2D eigenvalue weighted by Gasteiger charge is -2.20. The Kier molecular flexibility index (Phi) is 6.13. The summed E-state index contributed by atoms with van der Waals surface area (Å²) >= 11 is 0.999. The van der Waals surface area contributed by atoms with Crippen LogP contribution >= 0.6 is 11.3 Å². The van der Waals surface area contributed by atoms with Crippen molar-refractivity contribution in [2.75, 3.05) is 0 Å². The van der Waals surface area contributed by atoms with Crippen LogP contribution in [0, 0.1) is 0 Å². The van der Waals surface area contributed by atoms with Gasteiger partial charge in [0.25, 0.3) is 5.91 Å². The largest absolute Gasteiger partial charge is 0.416 e. The third-order valence-corrected chi connectivity index (χ3v) is 6.24. The van der Waals surface area contributed by atoms with Crippen LogP contribution in [0.3, 0.4) is 0 Å². The van der Waals surface area contributed by atoms with Crippen molar-refractivity contribution in [2.24, 2.45) is 5.73 Å². The molecule has 13 heteroatoms. The van der Waals surface area contributed by atoms with Gasteiger partial charge in [-0.25, -0.2) is 4.98 Å². The summed E-state index contributed by atoms with van der Waals surface area (Å²) in [6.07, 6.45) is -5.76. The second-order valence-electron chi connectivity index (χ2n) is 7.46. The van der Waals surface area contributed by atoms with Gasteiger partial charge in [-0.1, -0.05) is 12.1 Å². The van der Waals surface area contributed by atoms with E-state index in [0.29, 0.717) is 22.3 Å². The molecule has 182 valence electrons. The summed E-state index contributed by atoms with van der Waals surface area (Å²) in [5.41, 5.74) is 3.22. The Bertz CT molecular complexity index is 1380. The van der Waals surface area contributed by atoms with Gasteiger partial charge in [0.15, 0.2) is 0 Å². The van der Waals surface area contributed by atoms with Crippen LogP contribution in [0.4, 0.5) is 26.3 Å². The van der Waals surface area contributed by atoms with E-state index < -0.39 is 41.0 Å². The molecule has 6 nitrogen and oxygen atoms in total. The summed E-state index contributed by atoms with van der Waals surface area (Å²) in [4.78, 5) is 20.7. The first-order valence-electron chi connectivity index (χ1n) is 9.91. The predicted molar refractivity (Wildman–Crippen MR) is 115 cm³/mol. The van der Waals surface area contributed by atoms with Crippen molar-refractivity contribution in [1.29, 1.82) is 0 Å². The molecule has 2 N–H and O–H groups in total. The van der Waals surface area contributed by atoms with E-state index in [1.807, 2.05) is 0 Å². The second-order valence-corrected chi connectivity index (χ2v) is 8.46. The number of rotatable bonds is 5. The average Bonchev–Trinajstić information content (AvgIpc) is 3.45. The number of thiazole rings is 1. The Morgan fingerprint density at radius 3 is 2.43 bits per heavy atom. The number of aromatic nitrogens is 4. The zero-order valence-corrected chi connectivity index (χ0v) is 18.5. The maximum absolute atomic E-state index is 13.6. The molecule has 35 heavy (non-hydrogen) atoms. The van der Waals surface area contributed by atoms with E-state index in [1.165, 1.54) is 19.3 Å². The Balaban J connectivity index is 1.75. The molecule has 0 aliphatic heterocycles. The molecule has 0 spiro atoms. The highest BCUT2D eigenvalue weighted by Gasteiger charge is 2.39. The van der Waals surface area contributed by atoms with Gasteiger partial charge in [0.05, 0.1) is 34.8 Å². The third kappa shape index (κ3) is 4.90. The molecular weight excluding hydrogens is 496 g/mol. The summed E-state index contributed by atoms with van der Waals surface area (Å²) in [5.74, 6) is -0.762. The van der Waals surface area contributed by atoms with Crippen LogP contribution in [0.1, 0.15) is 39.3 Å². The van der Waals surface area contributed by atoms with Gasteiger partial charge in [-0.15, -0.1) is 11.3 Å². The summed E-state index contributed by atoms with van der Waals surface area (Å²) in [6, 6.07) is 5.49. The molecule has 1 unspecified atom stereocenters. The van der Waals surface area contributed by atoms with Crippen molar-refractivity contribution in [3.05, 3.63) is 76.6 Å². The summed E-state index contributed by atoms with van der Waals surface area (Å²) < 4.78 is 81.0. The molecule has 1 atom stereocenters. The molecule has 3 aromatic heterocycles. The number of nitrogens with two attached hydrogens (primary N) is 1. The second kappa shape index (κ2) is 8.80. The first-order valence-corrected chi connectivity index (χ1v) is 10.7. The van der Waals surface area contributed by atoms with Gasteiger partial charge in [-0.3, -0.25) is 14.5 Å². The normalized spacial score (nSPS) is 13.1. The molecule has 3 heterocycles. The number of carbonyl (C=O) groups excluding carboxylic acids is 1. The van der Waals surface area contributed by atoms with Crippen LogP contribution < -0.4 is 5.73 Å². The molecule has 0 radical (unpaired) electrons. The number of primary amides is 1. The smallest absolute Gasteiger partial charge is 0.365 e. The van der Waals surface area contributed by atoms with Crippen molar-refractivity contribution in [3.8, 4) is 22.0 Å². The lowest BCUT2D eigenvalue weighted by molar-refractivity contribution is -0.143. The lowest BCUT2D eigenvalue weighted by atomic mass is 9.98. The Morgan fingerprint density at radius 1 is 1.09 bits per heavy atom. The fourth-order valence-electron chi connectivity index (χ4n) is 3.44. The van der Waals surface area contributed by atoms with Gasteiger partial charge in [0.2, 0.25) is 0 Å². The number of hydrogen-bond acceptors (Lipinski definition) is 5. The first-order chi connectivity index (χ1) is 16.4. The molecule has 4 aromatic rings. The zero-order chi connectivity index (χ0) is 25.5. The van der Waals surface area contributed by atoms with E-state index in [0.717, 1.165) is 22.1 Å². The van der Waals surface area contributed by atoms with Crippen molar-refractivity contribution in [1.82, 2.24) is 19.7 Å². The highest BCUT2D eigenvalue weighted by Crippen LogP contribution is 2.40. The minimum absolute atomic E-state index is 0.0843. The van der Waals surface area contributed by atoms with Crippen LogP contribution in [0.2, 0.25) is 0 Å². The van der Waals surface area contributed by atoms with E-state index in [9.17, 15) is 31.1 Å². The molecule has 0 saturated carbocycles. The molecule has 4 rings (SSSR count). The van der Waals surface area contributed by atoms with Crippen LogP contribution in [0.5, 0.6) is 0 Å². The average molecular weight is 511 g/mol. The standard InChI is InChI=1S/C22H15F6N5OS/c1-11(14-6-5-13(21(23,24)25)8-15(14)22(26,27)28)33-10-12(9-31-33)17-18(19(29)34)35-20(32-17)16-4-2-3-7-30-16/h2-11H,1H3,(H2,29,34). The van der Waals surface area contributed by atoms with Crippen molar-refractivity contribution < 1.29 is 31.1 Å². The Hall–Kier alpha value is -3.74. The molecule has 0 bridgehead atoms. The highest BCUT2D eigenvalue weighted by atomic mass is 32.1. The van der Waals surface area contributed by atoms with Gasteiger partial charge in [0.1, 0.15) is 9.88 Å². The minimum Gasteiger partial charge on any atom is -0.365 e. The molecular formula is C22H15F6N5OS. The number of benzene rings is 1. The van der Waals surface area contributed by atoms with Gasteiger partial charge >= 0.3 is 12.4 Å². The summed E-state index contributed by atoms with van der Waals surface area (Å²) in [5, 5.41) is 4.47. The number of pyridine rings is 1. The topological polar surface area (TPSA) is 86.7 Å². The van der Waals surface area contributed by atoms with Crippen molar-refractivity contribution in [2.45, 2.75) is 25.3 Å². The number of carbonyl (C=O) groups is 1. The number of amides is 1. The molecule has 0 saturated heterocycles. The fraction of sp³-hybridized carbons (Fsp3) is 0.182. The van der Waals surface area contributed by atoms with E-state index in [1.54, 1.807) is 24.4 Å². The van der Waals surface area contributed by atoms with Gasteiger partial charge < -0.3 is 5.73 Å². The fourth-order valence-corrected chi connectivity index (χ4v) is 4.36. The summed E-state index contributed by atoms with van der Waals surface area (Å²) in [7, 11) is 0. The van der Waals surface area contributed by atoms with Crippen LogP contribution in [-0.2, 0) is 12.4 Å². The third-order valence-electron chi connectivity index (χ3n) is 5.14. The van der Waals surface area contributed by atoms with Gasteiger partial charge in [-0.2, -0.15) is 31.4 Å². The van der Waals surface area contributed by atoms with E-state index in [2.05, 4.69) is 15.1 Å². The molecule has 0 fully saturated rings. The number of nitrogens with zero attached hydrogens (tertiary/aromatic N) is 4. The highest BCUT2D eigenvalue weighted by molar-refractivity contribution is 7.17. The Labute approximate surface area is 198 Å². The predicted octanol–water partition coefficient (Wildman–Crippen LogP) is 5.81. The molecule has 0 aliphatic rings. The van der Waals surface area contributed by atoms with E-state index in [-0.39, 0.29) is 16.6 Å². The van der Waals surface area contributed by atoms with Crippen molar-refractivity contribution in [3.63, 3.8) is 0 Å². The van der Waals surface area contributed by atoms with Crippen LogP contribution in [-0.4, -0.2) is 25.7 Å². The van der Waals surface area contributed by atoms with Crippen molar-refractivity contribution >= 4 is 17.2 Å². The minimum atomic E-state index is -5.02. The number of alkyl halides is 6. The first kappa shape index (κ1) is 24.4. The number of halogens is 6. The van der Waals surface area contributed by atoms with Gasteiger partial charge in [0, 0.05) is 18.0 Å². The maximum atomic E-state index is 13.6.